The first-order valence-electron chi connectivity index (χ1n) is 4.06. The molecule has 2 heteroatoms. The predicted molar refractivity (Wildman–Crippen MR) is 53.0 cm³/mol. The SMILES string of the molecule is CCC=CC=CO[Si](C)(C)C. The lowest BCUT2D eigenvalue weighted by Crippen LogP contribution is -2.21. The quantitative estimate of drug-likeness (QED) is 0.357. The summed E-state index contributed by atoms with van der Waals surface area (Å²) in [7, 11) is -1.34. The highest BCUT2D eigenvalue weighted by molar-refractivity contribution is 6.69. The largest absolute Gasteiger partial charge is 0.550 e. The van der Waals surface area contributed by atoms with Crippen LogP contribution in [0.25, 0.3) is 0 Å². The summed E-state index contributed by atoms with van der Waals surface area (Å²) in [4.78, 5) is 0. The van der Waals surface area contributed by atoms with Crippen LogP contribution >= 0.6 is 0 Å². The number of allylic oxidation sites excluding steroid dienone is 3. The maximum Gasteiger partial charge on any atom is 0.241 e. The summed E-state index contributed by atoms with van der Waals surface area (Å²) in [6, 6.07) is 0. The molecule has 0 atom stereocenters. The topological polar surface area (TPSA) is 9.23 Å². The minimum atomic E-state index is -1.34. The summed E-state index contributed by atoms with van der Waals surface area (Å²) in [6.45, 7) is 8.62. The van der Waals surface area contributed by atoms with Crippen LogP contribution in [0.3, 0.4) is 0 Å². The van der Waals surface area contributed by atoms with E-state index in [1.54, 1.807) is 6.26 Å². The second-order valence-electron chi connectivity index (χ2n) is 3.40. The molecule has 0 aliphatic heterocycles. The first kappa shape index (κ1) is 10.5. The molecule has 0 N–H and O–H groups in total. The molecule has 0 heterocycles. The molecular weight excluding hydrogens is 152 g/mol. The van der Waals surface area contributed by atoms with E-state index in [1.165, 1.54) is 0 Å². The molecular formula is C9H18OSi. The van der Waals surface area contributed by atoms with Gasteiger partial charge in [-0.15, -0.1) is 0 Å². The normalized spacial score (nSPS) is 13.1. The van der Waals surface area contributed by atoms with Gasteiger partial charge in [0, 0.05) is 0 Å². The Hall–Kier alpha value is -0.503. The maximum atomic E-state index is 5.48. The van der Waals surface area contributed by atoms with Gasteiger partial charge in [-0.05, 0) is 32.1 Å². The van der Waals surface area contributed by atoms with Gasteiger partial charge in [0.1, 0.15) is 0 Å². The van der Waals surface area contributed by atoms with Crippen LogP contribution in [0.4, 0.5) is 0 Å². The molecule has 0 saturated carbocycles. The van der Waals surface area contributed by atoms with Crippen molar-refractivity contribution in [3.05, 3.63) is 24.5 Å². The summed E-state index contributed by atoms with van der Waals surface area (Å²) in [5.74, 6) is 0. The fourth-order valence-electron chi connectivity index (χ4n) is 0.503. The van der Waals surface area contributed by atoms with Crippen LogP contribution in [-0.2, 0) is 4.43 Å². The average molecular weight is 170 g/mol. The first-order chi connectivity index (χ1) is 5.06. The van der Waals surface area contributed by atoms with Crippen LogP contribution in [0.1, 0.15) is 13.3 Å². The lowest BCUT2D eigenvalue weighted by atomic mass is 10.4. The second kappa shape index (κ2) is 5.19. The van der Waals surface area contributed by atoms with E-state index in [4.69, 9.17) is 4.43 Å². The summed E-state index contributed by atoms with van der Waals surface area (Å²) in [6.07, 6.45) is 8.93. The summed E-state index contributed by atoms with van der Waals surface area (Å²) in [5, 5.41) is 0. The second-order valence-corrected chi connectivity index (χ2v) is 7.86. The fraction of sp³-hybridized carbons (Fsp3) is 0.556. The zero-order chi connectivity index (χ0) is 8.74. The van der Waals surface area contributed by atoms with E-state index in [0.717, 1.165) is 6.42 Å². The maximum absolute atomic E-state index is 5.48. The van der Waals surface area contributed by atoms with E-state index < -0.39 is 8.32 Å². The standard InChI is InChI=1S/C9H18OSi/c1-5-6-7-8-9-10-11(2,3)4/h6-9H,5H2,1-4H3. The third-order valence-electron chi connectivity index (χ3n) is 0.983. The number of rotatable bonds is 4. The van der Waals surface area contributed by atoms with Crippen molar-refractivity contribution in [2.45, 2.75) is 33.0 Å². The van der Waals surface area contributed by atoms with Crippen LogP contribution < -0.4 is 0 Å². The van der Waals surface area contributed by atoms with E-state index in [0.29, 0.717) is 0 Å². The Morgan fingerprint density at radius 2 is 1.82 bits per heavy atom. The average Bonchev–Trinajstić information content (AvgIpc) is 1.85. The third kappa shape index (κ3) is 9.50. The molecule has 0 amide bonds. The van der Waals surface area contributed by atoms with Crippen LogP contribution in [0.15, 0.2) is 24.5 Å². The van der Waals surface area contributed by atoms with Crippen molar-refractivity contribution in [3.8, 4) is 0 Å². The minimum absolute atomic E-state index is 1.08. The zero-order valence-corrected chi connectivity index (χ0v) is 8.92. The van der Waals surface area contributed by atoms with Gasteiger partial charge in [0.15, 0.2) is 0 Å². The predicted octanol–water partition coefficient (Wildman–Crippen LogP) is 3.32. The Morgan fingerprint density at radius 3 is 2.27 bits per heavy atom. The summed E-state index contributed by atoms with van der Waals surface area (Å²) in [5.41, 5.74) is 0. The molecule has 0 aromatic heterocycles. The molecule has 0 rings (SSSR count). The van der Waals surface area contributed by atoms with Gasteiger partial charge in [-0.2, -0.15) is 0 Å². The Balaban J connectivity index is 3.53. The highest BCUT2D eigenvalue weighted by Crippen LogP contribution is 2.02. The van der Waals surface area contributed by atoms with Crippen LogP contribution in [0.2, 0.25) is 19.6 Å². The van der Waals surface area contributed by atoms with Gasteiger partial charge in [0.25, 0.3) is 0 Å². The molecule has 0 aromatic carbocycles. The third-order valence-corrected chi connectivity index (χ3v) is 1.83. The van der Waals surface area contributed by atoms with Crippen molar-refractivity contribution in [1.82, 2.24) is 0 Å². The van der Waals surface area contributed by atoms with Crippen LogP contribution in [0.5, 0.6) is 0 Å². The van der Waals surface area contributed by atoms with E-state index in [9.17, 15) is 0 Å². The van der Waals surface area contributed by atoms with E-state index in [2.05, 4.69) is 32.6 Å². The van der Waals surface area contributed by atoms with Crippen LogP contribution in [0, 0.1) is 0 Å². The summed E-state index contributed by atoms with van der Waals surface area (Å²) >= 11 is 0. The lowest BCUT2D eigenvalue weighted by molar-refractivity contribution is 0.479. The van der Waals surface area contributed by atoms with E-state index >= 15 is 0 Å². The first-order valence-corrected chi connectivity index (χ1v) is 7.46. The highest BCUT2D eigenvalue weighted by Gasteiger charge is 2.12. The smallest absolute Gasteiger partial charge is 0.241 e. The molecule has 0 spiro atoms. The minimum Gasteiger partial charge on any atom is -0.550 e. The monoisotopic (exact) mass is 170 g/mol. The molecule has 0 aliphatic rings. The Labute approximate surface area is 70.9 Å². The summed E-state index contributed by atoms with van der Waals surface area (Å²) < 4.78 is 5.48. The Kier molecular flexibility index (Phi) is 4.95. The molecule has 1 nitrogen and oxygen atoms in total. The Morgan fingerprint density at radius 1 is 1.18 bits per heavy atom. The van der Waals surface area contributed by atoms with Gasteiger partial charge in [0.05, 0.1) is 6.26 Å². The fourth-order valence-corrected chi connectivity index (χ4v) is 0.990. The van der Waals surface area contributed by atoms with E-state index in [-0.39, 0.29) is 0 Å². The van der Waals surface area contributed by atoms with Crippen molar-refractivity contribution >= 4 is 8.32 Å². The lowest BCUT2D eigenvalue weighted by Gasteiger charge is -2.14. The molecule has 0 aliphatic carbocycles. The zero-order valence-electron chi connectivity index (χ0n) is 7.92. The Bertz CT molecular complexity index is 142. The van der Waals surface area contributed by atoms with Crippen molar-refractivity contribution in [3.63, 3.8) is 0 Å². The molecule has 0 bridgehead atoms. The van der Waals surface area contributed by atoms with Gasteiger partial charge in [-0.3, -0.25) is 0 Å². The molecule has 64 valence electrons. The van der Waals surface area contributed by atoms with Crippen LogP contribution in [-0.4, -0.2) is 8.32 Å². The molecule has 0 aromatic rings. The van der Waals surface area contributed by atoms with Gasteiger partial charge >= 0.3 is 0 Å². The highest BCUT2D eigenvalue weighted by atomic mass is 28.4. The van der Waals surface area contributed by atoms with Crippen molar-refractivity contribution in [2.24, 2.45) is 0 Å². The number of hydrogen-bond donors (Lipinski definition) is 0. The molecule has 0 fully saturated rings. The van der Waals surface area contributed by atoms with E-state index in [1.807, 2.05) is 12.2 Å². The van der Waals surface area contributed by atoms with Gasteiger partial charge in [-0.25, -0.2) is 0 Å². The van der Waals surface area contributed by atoms with Crippen molar-refractivity contribution in [1.29, 1.82) is 0 Å². The molecule has 0 saturated heterocycles. The van der Waals surface area contributed by atoms with Gasteiger partial charge in [-0.1, -0.05) is 19.1 Å². The molecule has 0 radical (unpaired) electrons. The van der Waals surface area contributed by atoms with Crippen molar-refractivity contribution < 1.29 is 4.43 Å². The van der Waals surface area contributed by atoms with Gasteiger partial charge in [0.2, 0.25) is 8.32 Å². The van der Waals surface area contributed by atoms with Gasteiger partial charge < -0.3 is 4.43 Å². The van der Waals surface area contributed by atoms with Crippen molar-refractivity contribution in [2.75, 3.05) is 0 Å². The number of hydrogen-bond acceptors (Lipinski definition) is 1. The molecule has 0 unspecified atom stereocenters. The molecule has 11 heavy (non-hydrogen) atoms.